The number of benzene rings is 6. The number of carbonyl (C=O) groups excluding carboxylic acids is 3. The Morgan fingerprint density at radius 3 is 0.958 bits per heavy atom. The van der Waals surface area contributed by atoms with Crippen LogP contribution in [0.3, 0.4) is 0 Å². The van der Waals surface area contributed by atoms with E-state index in [-0.39, 0.29) is 135 Å². The standard InChI is InChI=1S/C25H28N.C23H24N.C22H22N.2C13H24O2.C11H20O2.3Ir/c1-18-14-19(2)16-22(15-18)24-13-12-23-21(10-7-11-25(23)26-24)17-20-8-5-3-4-6-9-20;1-16-12-17(2)14-20(13-16)22-11-10-21-19(8-5-9-23(21)24-22)15-18-6-3-4-7-18;1-15-11-16(2)13-19(12-15)21-10-9-20-18(14-17-5-3-6-17)7-4-8-22(20)23-21;2*1-5-10(6-2)12(14)9-13(15)11(7-3)8-4;1-8(2)5-10(12)7-11(13)6-9(3)4;;;/h7,10-15,20H,3-6,8-9,17H2,1-2H3;5,8-13,18H,3-4,6-7,15H2,1-2H3;4,7-12,17H,3,5-6,14H2,1-2H3;2*9-11,14H,5-8H2,1-4H3;7-9,12H,5-6H2,1-4H3;;;/q3*-1;;;;;;/i3*2D3;;;;;;. The molecule has 3 saturated carbocycles. The third-order valence-corrected chi connectivity index (χ3v) is 23.3. The first-order valence-electron chi connectivity index (χ1n) is 48.4. The van der Waals surface area contributed by atoms with Crippen LogP contribution in [0.2, 0.25) is 0 Å². The molecule has 3 N–H and O–H groups in total. The second kappa shape index (κ2) is 54.6. The molecule has 3 heterocycles. The van der Waals surface area contributed by atoms with E-state index in [2.05, 4.69) is 78.9 Å². The van der Waals surface area contributed by atoms with Gasteiger partial charge in [0.15, 0.2) is 17.3 Å². The number of nitrogens with zero attached hydrogens (tertiary/aromatic N) is 3. The van der Waals surface area contributed by atoms with Gasteiger partial charge in [0.05, 0.1) is 33.8 Å². The molecule has 3 fully saturated rings. The molecular formula is C107H142Ir3N3O6-3. The number of allylic oxidation sites excluding steroid dienone is 6. The van der Waals surface area contributed by atoms with E-state index in [1.54, 1.807) is 18.2 Å². The largest absolute Gasteiger partial charge is 0.512 e. The van der Waals surface area contributed by atoms with Crippen LogP contribution in [0.15, 0.2) is 163 Å². The molecule has 3 aromatic heterocycles. The minimum atomic E-state index is -2.16. The quantitative estimate of drug-likeness (QED) is 0.0188. The summed E-state index contributed by atoms with van der Waals surface area (Å²) in [6.45, 7) is 23.4. The van der Waals surface area contributed by atoms with Crippen LogP contribution in [0.25, 0.3) is 66.5 Å². The number of aliphatic hydroxyl groups excluding tert-OH is 3. The van der Waals surface area contributed by atoms with E-state index >= 15 is 0 Å². The number of aromatic nitrogens is 3. The fraction of sp³-hybridized carbons (Fsp3) is 0.495. The number of aryl methyl sites for hydroxylation is 6. The van der Waals surface area contributed by atoms with E-state index in [1.807, 2.05) is 152 Å². The summed E-state index contributed by atoms with van der Waals surface area (Å²) in [6.07, 6.45) is 33.2. The molecule has 12 heteroatoms. The van der Waals surface area contributed by atoms with Crippen molar-refractivity contribution in [3.63, 3.8) is 0 Å². The first-order chi connectivity index (χ1) is 59.3. The number of carbonyl (C=O) groups is 3. The number of rotatable bonds is 28. The number of hydrogen-bond acceptors (Lipinski definition) is 9. The number of ketones is 3. The van der Waals surface area contributed by atoms with Crippen LogP contribution in [0.1, 0.15) is 293 Å². The summed E-state index contributed by atoms with van der Waals surface area (Å²) in [5, 5.41) is 32.5. The summed E-state index contributed by atoms with van der Waals surface area (Å²) in [5.41, 5.74) is 15.0. The number of fused-ring (bicyclic) bond motifs is 3. The van der Waals surface area contributed by atoms with Crippen molar-refractivity contribution in [2.75, 3.05) is 0 Å². The Balaban J connectivity index is 0.000000329. The van der Waals surface area contributed by atoms with E-state index in [1.165, 1.54) is 135 Å². The van der Waals surface area contributed by atoms with Gasteiger partial charge in [-0.25, -0.2) is 0 Å². The van der Waals surface area contributed by atoms with Gasteiger partial charge in [0, 0.05) is 144 Å². The Hall–Kier alpha value is -6.87. The van der Waals surface area contributed by atoms with Crippen LogP contribution in [0.5, 0.6) is 0 Å². The Bertz CT molecular complexity index is 4990. The van der Waals surface area contributed by atoms with E-state index in [9.17, 15) is 29.7 Å². The van der Waals surface area contributed by atoms with Gasteiger partial charge in [-0.1, -0.05) is 281 Å². The molecule has 6 aromatic carbocycles. The third kappa shape index (κ3) is 34.4. The number of pyridine rings is 3. The van der Waals surface area contributed by atoms with Gasteiger partial charge in [-0.3, -0.25) is 29.3 Å². The molecule has 0 atom stereocenters. The molecule has 0 aliphatic heterocycles. The average molecular weight is 2150 g/mol. The molecule has 9 aromatic rings. The molecule has 3 aliphatic rings. The van der Waals surface area contributed by atoms with Crippen molar-refractivity contribution in [1.29, 1.82) is 0 Å². The van der Waals surface area contributed by atoms with E-state index < -0.39 is 20.6 Å². The zero-order chi connectivity index (χ0) is 91.9. The van der Waals surface area contributed by atoms with Crippen molar-refractivity contribution in [3.05, 3.63) is 231 Å². The molecule has 9 nitrogen and oxygen atoms in total. The molecule has 119 heavy (non-hydrogen) atoms. The average Bonchev–Trinajstić information content (AvgIpc) is 1.12. The van der Waals surface area contributed by atoms with E-state index in [4.69, 9.17) is 27.3 Å². The van der Waals surface area contributed by atoms with E-state index in [0.29, 0.717) is 24.7 Å². The number of hydrogen-bond donors (Lipinski definition) is 3. The zero-order valence-electron chi connectivity index (χ0n) is 82.8. The Kier molecular flexibility index (Phi) is 41.2. The molecule has 3 aliphatic carbocycles. The van der Waals surface area contributed by atoms with Crippen molar-refractivity contribution in [3.8, 4) is 33.8 Å². The van der Waals surface area contributed by atoms with Crippen molar-refractivity contribution in [2.24, 2.45) is 53.3 Å². The Morgan fingerprint density at radius 1 is 0.395 bits per heavy atom. The minimum absolute atomic E-state index is 0. The molecule has 0 unspecified atom stereocenters. The molecule has 0 spiro atoms. The summed E-state index contributed by atoms with van der Waals surface area (Å²) in [4.78, 5) is 49.1. The molecule has 3 radical (unpaired) electrons. The maximum absolute atomic E-state index is 11.7. The van der Waals surface area contributed by atoms with Crippen LogP contribution in [-0.4, -0.2) is 47.6 Å². The maximum atomic E-state index is 11.7. The topological polar surface area (TPSA) is 151 Å². The second-order valence-electron chi connectivity index (χ2n) is 33.7. The molecule has 0 saturated heterocycles. The molecule has 12 rings (SSSR count). The van der Waals surface area contributed by atoms with Gasteiger partial charge in [-0.15, -0.1) is 105 Å². The van der Waals surface area contributed by atoms with Crippen molar-refractivity contribution >= 4 is 50.1 Å². The molecule has 651 valence electrons. The van der Waals surface area contributed by atoms with Crippen molar-refractivity contribution in [1.82, 2.24) is 15.0 Å². The minimum Gasteiger partial charge on any atom is -0.512 e. The fourth-order valence-electron chi connectivity index (χ4n) is 16.3. The summed E-state index contributed by atoms with van der Waals surface area (Å²) >= 11 is 0. The molecule has 0 amide bonds. The summed E-state index contributed by atoms with van der Waals surface area (Å²) in [6, 6.07) is 51.5. The second-order valence-corrected chi connectivity index (χ2v) is 33.7. The molecule has 0 bridgehead atoms. The van der Waals surface area contributed by atoms with Crippen LogP contribution >= 0.6 is 0 Å². The van der Waals surface area contributed by atoms with Crippen LogP contribution in [0, 0.1) is 113 Å². The zero-order valence-corrected chi connectivity index (χ0v) is 81.0. The smallest absolute Gasteiger partial charge is 0.162 e. The maximum Gasteiger partial charge on any atom is 0.162 e. The monoisotopic (exact) mass is 2150 g/mol. The van der Waals surface area contributed by atoms with Gasteiger partial charge >= 0.3 is 0 Å². The van der Waals surface area contributed by atoms with Crippen LogP contribution < -0.4 is 0 Å². The Morgan fingerprint density at radius 2 is 0.689 bits per heavy atom. The van der Waals surface area contributed by atoms with E-state index in [0.717, 1.165) is 155 Å². The van der Waals surface area contributed by atoms with Gasteiger partial charge in [-0.2, -0.15) is 0 Å². The van der Waals surface area contributed by atoms with Crippen molar-refractivity contribution in [2.45, 2.75) is 291 Å². The van der Waals surface area contributed by atoms with Gasteiger partial charge in [0.25, 0.3) is 0 Å². The SMILES string of the molecule is CC(C)CC(=O)C=C(O)CC(C)C.CCC(CC)C(=O)C=C(O)C(CC)CC.CCC(CC)C(=O)C=C(O)C(CC)CC.[2H]C([2H])([2H])c1[c-]c(-c2ccc3c(CC4CCC4)cccc3n2)cc(C)c1.[2H]C([2H])([2H])c1[c-]c(-c2ccc3c(CC4CCCC4)cccc3n2)cc(C)c1.[2H]C([2H])([2H])c1[c-]c(-c2ccc3c(CC4CCCCCC4)cccc3n2)cc(C)c1.[Ir].[Ir].[Ir]. The Labute approximate surface area is 771 Å². The van der Waals surface area contributed by atoms with Crippen LogP contribution in [-0.2, 0) is 94.0 Å². The first-order valence-corrected chi connectivity index (χ1v) is 43.9. The third-order valence-electron chi connectivity index (χ3n) is 23.3. The summed E-state index contributed by atoms with van der Waals surface area (Å²) in [7, 11) is 0. The van der Waals surface area contributed by atoms with Gasteiger partial charge < -0.3 is 15.3 Å². The van der Waals surface area contributed by atoms with Gasteiger partial charge in [-0.05, 0) is 152 Å². The normalized spacial score (nSPS) is 15.4. The summed E-state index contributed by atoms with van der Waals surface area (Å²) in [5.74, 6) is 4.45. The van der Waals surface area contributed by atoms with Gasteiger partial charge in [0.2, 0.25) is 0 Å². The molecular weight excluding hydrogens is 2000 g/mol. The first kappa shape index (κ1) is 89.9. The fourth-order valence-corrected chi connectivity index (χ4v) is 16.3. The number of aliphatic hydroxyl groups is 3. The van der Waals surface area contributed by atoms with Crippen molar-refractivity contribution < 1.29 is 102 Å². The van der Waals surface area contributed by atoms with Gasteiger partial charge in [0.1, 0.15) is 0 Å². The van der Waals surface area contributed by atoms with Crippen LogP contribution in [0.4, 0.5) is 0 Å². The predicted octanol–water partition coefficient (Wildman–Crippen LogP) is 29.4. The predicted molar refractivity (Wildman–Crippen MR) is 490 cm³/mol. The summed E-state index contributed by atoms with van der Waals surface area (Å²) < 4.78 is 69.1.